The Labute approximate surface area is 128 Å². The number of methoxy groups -OCH3 is 1. The average Bonchev–Trinajstić information content (AvgIpc) is 2.45. The molecule has 1 aliphatic heterocycles. The number of nitrogens with zero attached hydrogens (tertiary/aromatic N) is 2. The van der Waals surface area contributed by atoms with E-state index in [4.69, 9.17) is 16.3 Å². The molecule has 1 saturated heterocycles. The topological polar surface area (TPSA) is 68.7 Å². The van der Waals surface area contributed by atoms with Gasteiger partial charge in [0.15, 0.2) is 0 Å². The molecule has 114 valence electrons. The SMILES string of the molecule is COC(=O)CC1CN(C(=O)c2cc(C)nc(Cl)c2)CCO1. The minimum absolute atomic E-state index is 0.135. The van der Waals surface area contributed by atoms with Crippen molar-refractivity contribution in [2.24, 2.45) is 0 Å². The zero-order chi connectivity index (χ0) is 15.4. The van der Waals surface area contributed by atoms with E-state index in [2.05, 4.69) is 9.72 Å². The number of aryl methyl sites for hydroxylation is 1. The summed E-state index contributed by atoms with van der Waals surface area (Å²) in [4.78, 5) is 29.4. The lowest BCUT2D eigenvalue weighted by Gasteiger charge is -2.32. The van der Waals surface area contributed by atoms with Crippen molar-refractivity contribution in [3.8, 4) is 0 Å². The van der Waals surface area contributed by atoms with Gasteiger partial charge in [0, 0.05) is 24.3 Å². The van der Waals surface area contributed by atoms with Crippen molar-refractivity contribution in [3.05, 3.63) is 28.5 Å². The van der Waals surface area contributed by atoms with Crippen LogP contribution >= 0.6 is 11.6 Å². The summed E-state index contributed by atoms with van der Waals surface area (Å²) >= 11 is 5.88. The molecule has 0 aliphatic carbocycles. The first kappa shape index (κ1) is 15.7. The van der Waals surface area contributed by atoms with Crippen LogP contribution in [0.15, 0.2) is 12.1 Å². The van der Waals surface area contributed by atoms with Gasteiger partial charge in [-0.2, -0.15) is 0 Å². The summed E-state index contributed by atoms with van der Waals surface area (Å²) in [6, 6.07) is 3.24. The first-order valence-corrected chi connectivity index (χ1v) is 6.99. The highest BCUT2D eigenvalue weighted by Crippen LogP contribution is 2.16. The number of aromatic nitrogens is 1. The summed E-state index contributed by atoms with van der Waals surface area (Å²) in [5.74, 6) is -0.488. The van der Waals surface area contributed by atoms with E-state index in [0.29, 0.717) is 31.0 Å². The maximum atomic E-state index is 12.5. The molecule has 1 fully saturated rings. The number of halogens is 1. The van der Waals surface area contributed by atoms with Crippen LogP contribution in [0.1, 0.15) is 22.5 Å². The zero-order valence-electron chi connectivity index (χ0n) is 12.0. The molecule has 21 heavy (non-hydrogen) atoms. The van der Waals surface area contributed by atoms with Crippen molar-refractivity contribution in [2.75, 3.05) is 26.8 Å². The Balaban J connectivity index is 2.06. The lowest BCUT2D eigenvalue weighted by molar-refractivity contribution is -0.145. The maximum Gasteiger partial charge on any atom is 0.308 e. The number of morpholine rings is 1. The highest BCUT2D eigenvalue weighted by molar-refractivity contribution is 6.29. The van der Waals surface area contributed by atoms with Gasteiger partial charge >= 0.3 is 5.97 Å². The number of ether oxygens (including phenoxy) is 2. The zero-order valence-corrected chi connectivity index (χ0v) is 12.7. The molecular weight excluding hydrogens is 296 g/mol. The predicted octanol–water partition coefficient (Wildman–Crippen LogP) is 1.45. The van der Waals surface area contributed by atoms with Crippen molar-refractivity contribution in [1.82, 2.24) is 9.88 Å². The highest BCUT2D eigenvalue weighted by atomic mass is 35.5. The van der Waals surface area contributed by atoms with Crippen molar-refractivity contribution in [2.45, 2.75) is 19.4 Å². The van der Waals surface area contributed by atoms with Gasteiger partial charge in [-0.3, -0.25) is 9.59 Å². The van der Waals surface area contributed by atoms with Gasteiger partial charge in [0.1, 0.15) is 5.15 Å². The van der Waals surface area contributed by atoms with Crippen molar-refractivity contribution >= 4 is 23.5 Å². The van der Waals surface area contributed by atoms with Gasteiger partial charge in [0.25, 0.3) is 5.91 Å². The van der Waals surface area contributed by atoms with Crippen molar-refractivity contribution in [3.63, 3.8) is 0 Å². The van der Waals surface area contributed by atoms with Gasteiger partial charge in [-0.05, 0) is 19.1 Å². The van der Waals surface area contributed by atoms with Crippen LogP contribution in [0, 0.1) is 6.92 Å². The third-order valence-electron chi connectivity index (χ3n) is 3.22. The van der Waals surface area contributed by atoms with E-state index in [1.54, 1.807) is 24.0 Å². The number of carbonyl (C=O) groups is 2. The molecule has 0 aromatic carbocycles. The van der Waals surface area contributed by atoms with Gasteiger partial charge in [-0.25, -0.2) is 4.98 Å². The average molecular weight is 313 g/mol. The second-order valence-electron chi connectivity index (χ2n) is 4.84. The quantitative estimate of drug-likeness (QED) is 0.624. The van der Waals surface area contributed by atoms with Crippen LogP contribution < -0.4 is 0 Å². The molecule has 7 heteroatoms. The van der Waals surface area contributed by atoms with Gasteiger partial charge in [-0.15, -0.1) is 0 Å². The van der Waals surface area contributed by atoms with Gasteiger partial charge in [-0.1, -0.05) is 11.6 Å². The third-order valence-corrected chi connectivity index (χ3v) is 3.41. The molecule has 0 N–H and O–H groups in total. The van der Waals surface area contributed by atoms with Crippen molar-refractivity contribution < 1.29 is 19.1 Å². The van der Waals surface area contributed by atoms with E-state index < -0.39 is 0 Å². The van der Waals surface area contributed by atoms with Crippen LogP contribution in [0.4, 0.5) is 0 Å². The number of esters is 1. The number of hydrogen-bond acceptors (Lipinski definition) is 5. The Bertz CT molecular complexity index is 530. The Kier molecular flexibility index (Phi) is 5.14. The molecule has 1 amide bonds. The summed E-state index contributed by atoms with van der Waals surface area (Å²) < 4.78 is 10.1. The maximum absolute atomic E-state index is 12.5. The smallest absolute Gasteiger partial charge is 0.308 e. The standard InChI is InChI=1S/C14H17ClN2O4/c1-9-5-10(6-12(15)16-9)14(19)17-3-4-21-11(8-17)7-13(18)20-2/h5-6,11H,3-4,7-8H2,1-2H3. The summed E-state index contributed by atoms with van der Waals surface area (Å²) in [5, 5.41) is 0.290. The molecule has 1 aromatic heterocycles. The van der Waals surface area contributed by atoms with Gasteiger partial charge in [0.2, 0.25) is 0 Å². The molecule has 1 aliphatic rings. The third kappa shape index (κ3) is 4.15. The van der Waals surface area contributed by atoms with Crippen LogP contribution in [-0.2, 0) is 14.3 Å². The molecule has 6 nitrogen and oxygen atoms in total. The highest BCUT2D eigenvalue weighted by Gasteiger charge is 2.27. The van der Waals surface area contributed by atoms with Crippen LogP contribution in [0.25, 0.3) is 0 Å². The summed E-state index contributed by atoms with van der Waals surface area (Å²) in [6.07, 6.45) is -0.204. The van der Waals surface area contributed by atoms with Crippen LogP contribution in [0.2, 0.25) is 5.15 Å². The van der Waals surface area contributed by atoms with Gasteiger partial charge < -0.3 is 14.4 Å². The molecule has 0 bridgehead atoms. The first-order valence-electron chi connectivity index (χ1n) is 6.61. The second-order valence-corrected chi connectivity index (χ2v) is 5.23. The molecule has 2 rings (SSSR count). The van der Waals surface area contributed by atoms with E-state index >= 15 is 0 Å². The second kappa shape index (κ2) is 6.87. The molecule has 0 radical (unpaired) electrons. The molecule has 0 saturated carbocycles. The number of hydrogen-bond donors (Lipinski definition) is 0. The minimum Gasteiger partial charge on any atom is -0.469 e. The van der Waals surface area contributed by atoms with Crippen LogP contribution in [0.3, 0.4) is 0 Å². The lowest BCUT2D eigenvalue weighted by Crippen LogP contribution is -2.46. The first-order chi connectivity index (χ1) is 9.99. The number of rotatable bonds is 3. The Hall–Kier alpha value is -1.66. The normalized spacial score (nSPS) is 18.4. The summed E-state index contributed by atoms with van der Waals surface area (Å²) in [7, 11) is 1.33. The molecule has 1 unspecified atom stereocenters. The van der Waals surface area contributed by atoms with E-state index in [0.717, 1.165) is 0 Å². The van der Waals surface area contributed by atoms with E-state index in [1.165, 1.54) is 7.11 Å². The Morgan fingerprint density at radius 1 is 1.52 bits per heavy atom. The fraction of sp³-hybridized carbons (Fsp3) is 0.500. The summed E-state index contributed by atoms with van der Waals surface area (Å²) in [6.45, 7) is 3.01. The molecule has 1 aromatic rings. The number of carbonyl (C=O) groups excluding carboxylic acids is 2. The number of pyridine rings is 1. The lowest BCUT2D eigenvalue weighted by atomic mass is 10.1. The molecule has 1 atom stereocenters. The monoisotopic (exact) mass is 312 g/mol. The van der Waals surface area contributed by atoms with Crippen molar-refractivity contribution in [1.29, 1.82) is 0 Å². The van der Waals surface area contributed by atoms with Crippen LogP contribution in [-0.4, -0.2) is 54.7 Å². The molecular formula is C14H17ClN2O4. The molecule has 0 spiro atoms. The van der Waals surface area contributed by atoms with E-state index in [-0.39, 0.29) is 29.6 Å². The van der Waals surface area contributed by atoms with Gasteiger partial charge in [0.05, 0.1) is 26.2 Å². The Morgan fingerprint density at radius 3 is 2.95 bits per heavy atom. The van der Waals surface area contributed by atoms with Crippen LogP contribution in [0.5, 0.6) is 0 Å². The largest absolute Gasteiger partial charge is 0.469 e. The van der Waals surface area contributed by atoms with E-state index in [1.807, 2.05) is 0 Å². The Morgan fingerprint density at radius 2 is 2.29 bits per heavy atom. The molecule has 2 heterocycles. The predicted molar refractivity (Wildman–Crippen MR) is 76.3 cm³/mol. The number of amides is 1. The fourth-order valence-electron chi connectivity index (χ4n) is 2.23. The van der Waals surface area contributed by atoms with E-state index in [9.17, 15) is 9.59 Å². The minimum atomic E-state index is -0.350. The fourth-order valence-corrected chi connectivity index (χ4v) is 2.48. The summed E-state index contributed by atoms with van der Waals surface area (Å²) in [5.41, 5.74) is 1.18.